The molecule has 1 atom stereocenters. The number of hydrogen-bond acceptors (Lipinski definition) is 6. The number of imidazole rings is 1. The molecule has 2 heterocycles. The van der Waals surface area contributed by atoms with Crippen LogP contribution >= 0.6 is 0 Å². The third-order valence-electron chi connectivity index (χ3n) is 6.22. The van der Waals surface area contributed by atoms with E-state index in [9.17, 15) is 17.6 Å². The van der Waals surface area contributed by atoms with E-state index in [0.717, 1.165) is 12.8 Å². The van der Waals surface area contributed by atoms with Crippen molar-refractivity contribution < 1.29 is 27.1 Å². The summed E-state index contributed by atoms with van der Waals surface area (Å²) in [5.41, 5.74) is 1.06. The fourth-order valence-corrected chi connectivity index (χ4v) is 5.84. The van der Waals surface area contributed by atoms with Crippen molar-refractivity contribution in [2.24, 2.45) is 0 Å². The van der Waals surface area contributed by atoms with Gasteiger partial charge in [0.15, 0.2) is 0 Å². The average Bonchev–Trinajstić information content (AvgIpc) is 3.55. The van der Waals surface area contributed by atoms with E-state index in [-0.39, 0.29) is 42.4 Å². The highest BCUT2D eigenvalue weighted by molar-refractivity contribution is 7.90. The Bertz CT molecular complexity index is 1350. The molecule has 0 unspecified atom stereocenters. The van der Waals surface area contributed by atoms with Gasteiger partial charge in [0, 0.05) is 24.3 Å². The zero-order chi connectivity index (χ0) is 26.4. The number of sulfone groups is 1. The normalized spacial score (nSPS) is 15.5. The minimum Gasteiger partial charge on any atom is -0.497 e. The van der Waals surface area contributed by atoms with Crippen molar-refractivity contribution in [3.8, 4) is 5.75 Å². The summed E-state index contributed by atoms with van der Waals surface area (Å²) in [6.45, 7) is 4.97. The minimum absolute atomic E-state index is 0.0682. The number of nitrogens with zero attached hydrogens (tertiary/aromatic N) is 3. The zero-order valence-corrected chi connectivity index (χ0v) is 21.5. The molecule has 1 fully saturated rings. The Kier molecular flexibility index (Phi) is 8.40. The number of carbonyl (C=O) groups excluding carboxylic acids is 1. The molecule has 1 amide bonds. The van der Waals surface area contributed by atoms with Gasteiger partial charge in [-0.25, -0.2) is 17.8 Å². The smallest absolute Gasteiger partial charge is 0.254 e. The highest BCUT2D eigenvalue weighted by atomic mass is 32.2. The van der Waals surface area contributed by atoms with Crippen LogP contribution in [0.3, 0.4) is 0 Å². The average molecular weight is 528 g/mol. The Labute approximate surface area is 216 Å². The van der Waals surface area contributed by atoms with E-state index in [1.54, 1.807) is 53.0 Å². The monoisotopic (exact) mass is 527 g/mol. The van der Waals surface area contributed by atoms with E-state index in [1.165, 1.54) is 24.4 Å². The molecule has 0 aliphatic carbocycles. The van der Waals surface area contributed by atoms with Crippen molar-refractivity contribution >= 4 is 15.7 Å². The molecule has 0 N–H and O–H groups in total. The van der Waals surface area contributed by atoms with E-state index in [4.69, 9.17) is 9.47 Å². The quantitative estimate of drug-likeness (QED) is 0.350. The molecule has 8 nitrogen and oxygen atoms in total. The van der Waals surface area contributed by atoms with Crippen LogP contribution in [-0.4, -0.2) is 55.1 Å². The van der Waals surface area contributed by atoms with Gasteiger partial charge in [-0.1, -0.05) is 24.3 Å². The number of aromatic nitrogens is 2. The predicted octanol–water partition coefficient (Wildman–Crippen LogP) is 4.01. The summed E-state index contributed by atoms with van der Waals surface area (Å²) in [5.74, 6) is -0.733. The fraction of sp³-hybridized carbons (Fsp3) is 0.333. The highest BCUT2D eigenvalue weighted by Gasteiger charge is 2.29. The lowest BCUT2D eigenvalue weighted by Gasteiger charge is -2.23. The standard InChI is InChI=1S/C27H30FN3O5S/c1-3-14-30(26(32)20-10-12-23(35-2)13-11-20)17-22-16-29-27(31(22)18-24-8-6-15-36-24)37(33,34)19-21-7-4-5-9-25(21)28/h3-5,7,9-13,16,24H,1,6,8,14-15,17-19H2,2H3/t24-/m0/s1. The van der Waals surface area contributed by atoms with Crippen molar-refractivity contribution in [1.82, 2.24) is 14.5 Å². The maximum absolute atomic E-state index is 14.3. The molecule has 0 radical (unpaired) electrons. The Hall–Kier alpha value is -3.50. The van der Waals surface area contributed by atoms with Gasteiger partial charge >= 0.3 is 0 Å². The minimum atomic E-state index is -4.00. The van der Waals surface area contributed by atoms with Crippen LogP contribution in [0.15, 0.2) is 72.5 Å². The summed E-state index contributed by atoms with van der Waals surface area (Å²) in [5, 5.41) is -0.170. The molecule has 0 saturated carbocycles. The molecule has 10 heteroatoms. The van der Waals surface area contributed by atoms with Crippen molar-refractivity contribution in [1.29, 1.82) is 0 Å². The van der Waals surface area contributed by atoms with Crippen LogP contribution in [0, 0.1) is 5.82 Å². The van der Waals surface area contributed by atoms with Crippen LogP contribution < -0.4 is 4.74 Å². The van der Waals surface area contributed by atoms with Crippen LogP contribution in [0.4, 0.5) is 4.39 Å². The molecule has 2 aromatic carbocycles. The maximum atomic E-state index is 14.3. The van der Waals surface area contributed by atoms with Crippen LogP contribution in [-0.2, 0) is 33.4 Å². The molecule has 1 saturated heterocycles. The summed E-state index contributed by atoms with van der Waals surface area (Å²) < 4.78 is 53.6. The lowest BCUT2D eigenvalue weighted by atomic mass is 10.2. The van der Waals surface area contributed by atoms with Gasteiger partial charge < -0.3 is 18.9 Å². The van der Waals surface area contributed by atoms with Crippen LogP contribution in [0.25, 0.3) is 0 Å². The fourth-order valence-electron chi connectivity index (χ4n) is 4.33. The largest absolute Gasteiger partial charge is 0.497 e. The van der Waals surface area contributed by atoms with Crippen LogP contribution in [0.2, 0.25) is 0 Å². The van der Waals surface area contributed by atoms with E-state index < -0.39 is 21.4 Å². The van der Waals surface area contributed by atoms with Gasteiger partial charge in [0.25, 0.3) is 5.91 Å². The van der Waals surface area contributed by atoms with Gasteiger partial charge in [-0.3, -0.25) is 4.79 Å². The molecule has 1 aromatic heterocycles. The number of ether oxygens (including phenoxy) is 2. The molecule has 37 heavy (non-hydrogen) atoms. The summed E-state index contributed by atoms with van der Waals surface area (Å²) in [6.07, 6.45) is 4.55. The Balaban J connectivity index is 1.66. The van der Waals surface area contributed by atoms with E-state index >= 15 is 0 Å². The highest BCUT2D eigenvalue weighted by Crippen LogP contribution is 2.24. The number of hydrogen-bond donors (Lipinski definition) is 0. The van der Waals surface area contributed by atoms with Crippen LogP contribution in [0.5, 0.6) is 5.75 Å². The number of amides is 1. The molecule has 0 bridgehead atoms. The third kappa shape index (κ3) is 6.26. The molecular weight excluding hydrogens is 497 g/mol. The zero-order valence-electron chi connectivity index (χ0n) is 20.7. The maximum Gasteiger partial charge on any atom is 0.254 e. The molecule has 4 rings (SSSR count). The SMILES string of the molecule is C=CCN(Cc1cnc(S(=O)(=O)Cc2ccccc2F)n1C[C@@H]1CCCO1)C(=O)c1ccc(OC)cc1. The number of carbonyl (C=O) groups is 1. The summed E-state index contributed by atoms with van der Waals surface area (Å²) >= 11 is 0. The van der Waals surface area contributed by atoms with Gasteiger partial charge in [0.2, 0.25) is 15.0 Å². The van der Waals surface area contributed by atoms with Gasteiger partial charge in [0.05, 0.1) is 43.9 Å². The van der Waals surface area contributed by atoms with Crippen molar-refractivity contribution in [2.45, 2.75) is 42.9 Å². The van der Waals surface area contributed by atoms with Gasteiger partial charge in [-0.05, 0) is 43.2 Å². The molecule has 3 aromatic rings. The second-order valence-corrected chi connectivity index (χ2v) is 10.7. The molecular formula is C27H30FN3O5S. The van der Waals surface area contributed by atoms with E-state index in [2.05, 4.69) is 11.6 Å². The van der Waals surface area contributed by atoms with Gasteiger partial charge in [-0.2, -0.15) is 0 Å². The first-order valence-corrected chi connectivity index (χ1v) is 13.6. The van der Waals surface area contributed by atoms with Crippen LogP contribution in [0.1, 0.15) is 34.5 Å². The van der Waals surface area contributed by atoms with Gasteiger partial charge in [0.1, 0.15) is 11.6 Å². The Morgan fingerprint density at radius 3 is 2.68 bits per heavy atom. The predicted molar refractivity (Wildman–Crippen MR) is 136 cm³/mol. The summed E-state index contributed by atoms with van der Waals surface area (Å²) in [7, 11) is -2.45. The first-order valence-electron chi connectivity index (χ1n) is 12.0. The molecule has 196 valence electrons. The van der Waals surface area contributed by atoms with Gasteiger partial charge in [-0.15, -0.1) is 6.58 Å². The molecule has 1 aliphatic rings. The first-order chi connectivity index (χ1) is 17.8. The van der Waals surface area contributed by atoms with Crippen molar-refractivity contribution in [2.75, 3.05) is 20.3 Å². The third-order valence-corrected chi connectivity index (χ3v) is 7.79. The second kappa shape index (κ2) is 11.7. The van der Waals surface area contributed by atoms with Crippen molar-refractivity contribution in [3.05, 3.63) is 90.0 Å². The van der Waals surface area contributed by atoms with Crippen molar-refractivity contribution in [3.63, 3.8) is 0 Å². The summed E-state index contributed by atoms with van der Waals surface area (Å²) in [6, 6.07) is 12.5. The number of methoxy groups -OCH3 is 1. The first kappa shape index (κ1) is 26.6. The molecule has 1 aliphatic heterocycles. The number of benzene rings is 2. The Morgan fingerprint density at radius 2 is 2.03 bits per heavy atom. The van der Waals surface area contributed by atoms with E-state index in [0.29, 0.717) is 23.6 Å². The van der Waals surface area contributed by atoms with E-state index in [1.807, 2.05) is 0 Å². The Morgan fingerprint density at radius 1 is 1.27 bits per heavy atom. The molecule has 0 spiro atoms. The number of halogens is 1. The summed E-state index contributed by atoms with van der Waals surface area (Å²) in [4.78, 5) is 19.1. The number of rotatable bonds is 11. The second-order valence-electron chi connectivity index (χ2n) is 8.83. The topological polar surface area (TPSA) is 90.7 Å². The lowest BCUT2D eigenvalue weighted by Crippen LogP contribution is -2.32. The lowest BCUT2D eigenvalue weighted by molar-refractivity contribution is 0.0751.